The summed E-state index contributed by atoms with van der Waals surface area (Å²) in [6.45, 7) is 7.07. The summed E-state index contributed by atoms with van der Waals surface area (Å²) >= 11 is 0. The molecule has 4 nitrogen and oxygen atoms in total. The van der Waals surface area contributed by atoms with E-state index >= 15 is 0 Å². The molecule has 19 heavy (non-hydrogen) atoms. The molecule has 0 aliphatic heterocycles. The lowest BCUT2D eigenvalue weighted by Gasteiger charge is -2.14. The molecule has 0 aromatic carbocycles. The number of carbonyl (C=O) groups excluding carboxylic acids is 2. The van der Waals surface area contributed by atoms with Crippen molar-refractivity contribution in [1.82, 2.24) is 0 Å². The first-order valence-electron chi connectivity index (χ1n) is 6.93. The Morgan fingerprint density at radius 1 is 1.05 bits per heavy atom. The highest BCUT2D eigenvalue weighted by Crippen LogP contribution is 2.12. The van der Waals surface area contributed by atoms with E-state index in [-0.39, 0.29) is 24.6 Å². The number of esters is 2. The Bertz CT molecular complexity index is 307. The van der Waals surface area contributed by atoms with Crippen molar-refractivity contribution in [2.45, 2.75) is 65.9 Å². The summed E-state index contributed by atoms with van der Waals surface area (Å²) < 4.78 is 10.2. The Morgan fingerprint density at radius 2 is 1.74 bits per heavy atom. The highest BCUT2D eigenvalue weighted by molar-refractivity contribution is 5.66. The smallest absolute Gasteiger partial charge is 0.303 e. The molecule has 0 fully saturated rings. The number of carbonyl (C=O) groups is 2. The zero-order chi connectivity index (χ0) is 14.7. The van der Waals surface area contributed by atoms with E-state index in [1.807, 2.05) is 13.0 Å². The number of unbranched alkanes of at least 4 members (excludes halogenated alkanes) is 3. The van der Waals surface area contributed by atoms with Gasteiger partial charge in [0.25, 0.3) is 0 Å². The van der Waals surface area contributed by atoms with E-state index in [0.717, 1.165) is 24.8 Å². The molecule has 0 aromatic heterocycles. The molecule has 0 bridgehead atoms. The molecule has 0 aliphatic rings. The van der Waals surface area contributed by atoms with Crippen LogP contribution in [0.4, 0.5) is 0 Å². The summed E-state index contributed by atoms with van der Waals surface area (Å²) in [6.07, 6.45) is 7.02. The first-order chi connectivity index (χ1) is 8.95. The van der Waals surface area contributed by atoms with Crippen molar-refractivity contribution in [2.75, 3.05) is 6.61 Å². The lowest BCUT2D eigenvalue weighted by molar-refractivity contribution is -0.144. The second-order valence-electron chi connectivity index (χ2n) is 4.79. The van der Waals surface area contributed by atoms with Crippen LogP contribution in [0.2, 0.25) is 0 Å². The number of ether oxygens (including phenoxy) is 2. The van der Waals surface area contributed by atoms with E-state index in [1.54, 1.807) is 0 Å². The Hall–Kier alpha value is -1.32. The molecule has 0 amide bonds. The standard InChI is InChI=1S/C15H26O4/c1-5-6-7-8-9-15(19-14(4)17)10-12(2)11-18-13(3)16/h10,15H,5-9,11H2,1-4H3/b12-10+. The largest absolute Gasteiger partial charge is 0.461 e. The van der Waals surface area contributed by atoms with Gasteiger partial charge in [-0.2, -0.15) is 0 Å². The third-order valence-corrected chi connectivity index (χ3v) is 2.63. The SMILES string of the molecule is CCCCCCC(/C=C(\C)COC(C)=O)OC(C)=O. The van der Waals surface area contributed by atoms with Gasteiger partial charge in [0.2, 0.25) is 0 Å². The summed E-state index contributed by atoms with van der Waals surface area (Å²) in [5.74, 6) is -0.586. The first-order valence-corrected chi connectivity index (χ1v) is 6.93. The summed E-state index contributed by atoms with van der Waals surface area (Å²) in [6, 6.07) is 0. The Labute approximate surface area is 116 Å². The van der Waals surface area contributed by atoms with E-state index < -0.39 is 0 Å². The van der Waals surface area contributed by atoms with Crippen molar-refractivity contribution in [3.63, 3.8) is 0 Å². The van der Waals surface area contributed by atoms with Gasteiger partial charge in [0.15, 0.2) is 0 Å². The molecule has 0 heterocycles. The van der Waals surface area contributed by atoms with Crippen molar-refractivity contribution in [2.24, 2.45) is 0 Å². The molecule has 0 aliphatic carbocycles. The van der Waals surface area contributed by atoms with Gasteiger partial charge in [-0.1, -0.05) is 26.2 Å². The monoisotopic (exact) mass is 270 g/mol. The number of hydrogen-bond donors (Lipinski definition) is 0. The molecular weight excluding hydrogens is 244 g/mol. The Balaban J connectivity index is 4.26. The van der Waals surface area contributed by atoms with E-state index in [2.05, 4.69) is 6.92 Å². The molecule has 4 heteroatoms. The summed E-state index contributed by atoms with van der Waals surface area (Å²) in [5.41, 5.74) is 0.900. The molecule has 0 N–H and O–H groups in total. The van der Waals surface area contributed by atoms with Crippen LogP contribution in [0.25, 0.3) is 0 Å². The van der Waals surface area contributed by atoms with E-state index in [0.29, 0.717) is 0 Å². The average Bonchev–Trinajstić information content (AvgIpc) is 2.31. The van der Waals surface area contributed by atoms with Crippen molar-refractivity contribution >= 4 is 11.9 Å². The summed E-state index contributed by atoms with van der Waals surface area (Å²) in [4.78, 5) is 21.8. The van der Waals surface area contributed by atoms with Crippen LogP contribution in [0.3, 0.4) is 0 Å². The van der Waals surface area contributed by atoms with E-state index in [1.165, 1.54) is 26.7 Å². The van der Waals surface area contributed by atoms with Gasteiger partial charge in [0, 0.05) is 13.8 Å². The maximum atomic E-state index is 11.1. The highest BCUT2D eigenvalue weighted by atomic mass is 16.5. The second kappa shape index (κ2) is 10.6. The van der Waals surface area contributed by atoms with Gasteiger partial charge in [-0.3, -0.25) is 9.59 Å². The molecule has 0 saturated heterocycles. The van der Waals surface area contributed by atoms with Gasteiger partial charge < -0.3 is 9.47 Å². The average molecular weight is 270 g/mol. The molecule has 1 unspecified atom stereocenters. The zero-order valence-electron chi connectivity index (χ0n) is 12.5. The number of hydrogen-bond acceptors (Lipinski definition) is 4. The molecule has 0 spiro atoms. The lowest BCUT2D eigenvalue weighted by Crippen LogP contribution is -2.15. The fourth-order valence-electron chi connectivity index (χ4n) is 1.74. The van der Waals surface area contributed by atoms with Crippen molar-refractivity contribution in [3.05, 3.63) is 11.6 Å². The highest BCUT2D eigenvalue weighted by Gasteiger charge is 2.09. The van der Waals surface area contributed by atoms with Crippen LogP contribution in [0.15, 0.2) is 11.6 Å². The zero-order valence-corrected chi connectivity index (χ0v) is 12.5. The normalized spacial score (nSPS) is 12.9. The minimum Gasteiger partial charge on any atom is -0.461 e. The molecule has 0 rings (SSSR count). The van der Waals surface area contributed by atoms with Crippen LogP contribution in [0.1, 0.15) is 59.8 Å². The first kappa shape index (κ1) is 17.7. The molecule has 0 saturated carbocycles. The predicted molar refractivity (Wildman–Crippen MR) is 74.7 cm³/mol. The van der Waals surface area contributed by atoms with Gasteiger partial charge in [0.1, 0.15) is 12.7 Å². The van der Waals surface area contributed by atoms with Crippen molar-refractivity contribution in [1.29, 1.82) is 0 Å². The topological polar surface area (TPSA) is 52.6 Å². The molecule has 0 aromatic rings. The van der Waals surface area contributed by atoms with Crippen LogP contribution in [-0.4, -0.2) is 24.6 Å². The Kier molecular flexibility index (Phi) is 9.85. The van der Waals surface area contributed by atoms with E-state index in [9.17, 15) is 9.59 Å². The van der Waals surface area contributed by atoms with Crippen LogP contribution in [0.5, 0.6) is 0 Å². The van der Waals surface area contributed by atoms with Gasteiger partial charge in [-0.25, -0.2) is 0 Å². The maximum absolute atomic E-state index is 11.1. The van der Waals surface area contributed by atoms with Gasteiger partial charge in [-0.05, 0) is 31.4 Å². The molecule has 110 valence electrons. The number of rotatable bonds is 9. The predicted octanol–water partition coefficient (Wildman–Crippen LogP) is 3.40. The summed E-state index contributed by atoms with van der Waals surface area (Å²) in [7, 11) is 0. The fraction of sp³-hybridized carbons (Fsp3) is 0.733. The van der Waals surface area contributed by atoms with Gasteiger partial charge in [-0.15, -0.1) is 0 Å². The second-order valence-corrected chi connectivity index (χ2v) is 4.79. The van der Waals surface area contributed by atoms with Crippen molar-refractivity contribution < 1.29 is 19.1 Å². The van der Waals surface area contributed by atoms with Crippen LogP contribution in [-0.2, 0) is 19.1 Å². The maximum Gasteiger partial charge on any atom is 0.303 e. The summed E-state index contributed by atoms with van der Waals surface area (Å²) in [5, 5.41) is 0. The van der Waals surface area contributed by atoms with Crippen molar-refractivity contribution in [3.8, 4) is 0 Å². The molecule has 1 atom stereocenters. The van der Waals surface area contributed by atoms with Crippen LogP contribution < -0.4 is 0 Å². The third-order valence-electron chi connectivity index (χ3n) is 2.63. The van der Waals surface area contributed by atoms with Gasteiger partial charge >= 0.3 is 11.9 Å². The molecule has 0 radical (unpaired) electrons. The minimum absolute atomic E-state index is 0.218. The fourth-order valence-corrected chi connectivity index (χ4v) is 1.74. The Morgan fingerprint density at radius 3 is 2.26 bits per heavy atom. The van der Waals surface area contributed by atoms with Crippen LogP contribution >= 0.6 is 0 Å². The molecular formula is C15H26O4. The quantitative estimate of drug-likeness (QED) is 0.366. The minimum atomic E-state index is -0.306. The third kappa shape index (κ3) is 11.5. The van der Waals surface area contributed by atoms with Crippen LogP contribution in [0, 0.1) is 0 Å². The van der Waals surface area contributed by atoms with Gasteiger partial charge in [0.05, 0.1) is 0 Å². The lowest BCUT2D eigenvalue weighted by atomic mass is 10.1. The van der Waals surface area contributed by atoms with E-state index in [4.69, 9.17) is 9.47 Å².